The van der Waals surface area contributed by atoms with Crippen LogP contribution in [0.3, 0.4) is 0 Å². The number of aromatic nitrogens is 1. The first-order valence-corrected chi connectivity index (χ1v) is 6.68. The SMILES string of the molecule is CCCN(CCCl)c1nccc2ccc(O)cc12. The van der Waals surface area contributed by atoms with Crippen LogP contribution in [0.4, 0.5) is 5.82 Å². The Balaban J connectivity index is 2.50. The number of phenolic OH excluding ortho intramolecular Hbond substituents is 1. The van der Waals surface area contributed by atoms with Crippen LogP contribution in [0, 0.1) is 0 Å². The number of phenols is 1. The Bertz CT molecular complexity index is 524. The summed E-state index contributed by atoms with van der Waals surface area (Å²) in [4.78, 5) is 6.60. The second-order valence-corrected chi connectivity index (χ2v) is 4.59. The highest BCUT2D eigenvalue weighted by Gasteiger charge is 2.10. The fraction of sp³-hybridized carbons (Fsp3) is 0.357. The van der Waals surface area contributed by atoms with Crippen molar-refractivity contribution < 1.29 is 5.11 Å². The van der Waals surface area contributed by atoms with Gasteiger partial charge < -0.3 is 10.0 Å². The van der Waals surface area contributed by atoms with E-state index in [0.29, 0.717) is 5.88 Å². The first-order valence-electron chi connectivity index (χ1n) is 6.15. The van der Waals surface area contributed by atoms with Gasteiger partial charge in [-0.15, -0.1) is 11.6 Å². The summed E-state index contributed by atoms with van der Waals surface area (Å²) in [6.45, 7) is 3.80. The van der Waals surface area contributed by atoms with Crippen LogP contribution in [0.15, 0.2) is 30.5 Å². The highest BCUT2D eigenvalue weighted by Crippen LogP contribution is 2.27. The van der Waals surface area contributed by atoms with Gasteiger partial charge in [0.15, 0.2) is 0 Å². The molecule has 1 aromatic carbocycles. The molecule has 0 radical (unpaired) electrons. The summed E-state index contributed by atoms with van der Waals surface area (Å²) in [5, 5.41) is 11.7. The molecule has 0 aliphatic heterocycles. The van der Waals surface area contributed by atoms with Crippen molar-refractivity contribution in [3.63, 3.8) is 0 Å². The number of rotatable bonds is 5. The number of benzene rings is 1. The van der Waals surface area contributed by atoms with Crippen LogP contribution in [-0.4, -0.2) is 29.1 Å². The summed E-state index contributed by atoms with van der Waals surface area (Å²) in [5.41, 5.74) is 0. The van der Waals surface area contributed by atoms with Crippen LogP contribution < -0.4 is 4.90 Å². The fourth-order valence-electron chi connectivity index (χ4n) is 2.09. The van der Waals surface area contributed by atoms with Gasteiger partial charge in [-0.1, -0.05) is 13.0 Å². The van der Waals surface area contributed by atoms with E-state index in [1.807, 2.05) is 12.1 Å². The molecule has 0 fully saturated rings. The van der Waals surface area contributed by atoms with E-state index < -0.39 is 0 Å². The Morgan fingerprint density at radius 3 is 2.83 bits per heavy atom. The average Bonchev–Trinajstić information content (AvgIpc) is 2.38. The average molecular weight is 265 g/mol. The van der Waals surface area contributed by atoms with Crippen LogP contribution in [0.5, 0.6) is 5.75 Å². The third kappa shape index (κ3) is 2.67. The molecule has 3 nitrogen and oxygen atoms in total. The number of anilines is 1. The molecule has 1 N–H and O–H groups in total. The molecule has 4 heteroatoms. The Hall–Kier alpha value is -1.48. The monoisotopic (exact) mass is 264 g/mol. The minimum absolute atomic E-state index is 0.263. The molecule has 1 aromatic heterocycles. The first kappa shape index (κ1) is 13.0. The van der Waals surface area contributed by atoms with Crippen LogP contribution >= 0.6 is 11.6 Å². The number of alkyl halides is 1. The van der Waals surface area contributed by atoms with Gasteiger partial charge in [0.25, 0.3) is 0 Å². The van der Waals surface area contributed by atoms with E-state index in [-0.39, 0.29) is 5.75 Å². The number of hydrogen-bond donors (Lipinski definition) is 1. The molecular formula is C14H17ClN2O. The van der Waals surface area contributed by atoms with Gasteiger partial charge in [0.05, 0.1) is 0 Å². The molecule has 0 amide bonds. The third-order valence-electron chi connectivity index (χ3n) is 2.88. The summed E-state index contributed by atoms with van der Waals surface area (Å²) in [5.74, 6) is 1.72. The molecule has 0 spiro atoms. The predicted octanol–water partition coefficient (Wildman–Crippen LogP) is 3.40. The molecule has 0 bridgehead atoms. The van der Waals surface area contributed by atoms with Gasteiger partial charge in [0.2, 0.25) is 0 Å². The van der Waals surface area contributed by atoms with E-state index in [1.165, 1.54) is 0 Å². The molecule has 0 unspecified atom stereocenters. The molecular weight excluding hydrogens is 248 g/mol. The predicted molar refractivity (Wildman–Crippen MR) is 76.6 cm³/mol. The van der Waals surface area contributed by atoms with E-state index in [2.05, 4.69) is 16.8 Å². The second-order valence-electron chi connectivity index (χ2n) is 4.22. The smallest absolute Gasteiger partial charge is 0.136 e. The van der Waals surface area contributed by atoms with Crippen molar-refractivity contribution in [3.05, 3.63) is 30.5 Å². The zero-order valence-corrected chi connectivity index (χ0v) is 11.2. The van der Waals surface area contributed by atoms with E-state index in [4.69, 9.17) is 11.6 Å². The van der Waals surface area contributed by atoms with Crippen molar-refractivity contribution in [2.24, 2.45) is 0 Å². The second kappa shape index (κ2) is 5.91. The van der Waals surface area contributed by atoms with Crippen molar-refractivity contribution in [3.8, 4) is 5.75 Å². The van der Waals surface area contributed by atoms with Crippen LogP contribution in [0.2, 0.25) is 0 Å². The van der Waals surface area contributed by atoms with Crippen molar-refractivity contribution in [1.82, 2.24) is 4.98 Å². The van der Waals surface area contributed by atoms with E-state index in [1.54, 1.807) is 18.3 Å². The number of pyridine rings is 1. The number of nitrogens with zero attached hydrogens (tertiary/aromatic N) is 2. The lowest BCUT2D eigenvalue weighted by Gasteiger charge is -2.23. The molecule has 0 saturated carbocycles. The maximum Gasteiger partial charge on any atom is 0.136 e. The highest BCUT2D eigenvalue weighted by molar-refractivity contribution is 6.18. The maximum atomic E-state index is 9.62. The summed E-state index contributed by atoms with van der Waals surface area (Å²) in [6.07, 6.45) is 2.83. The third-order valence-corrected chi connectivity index (χ3v) is 3.05. The van der Waals surface area contributed by atoms with E-state index in [0.717, 1.165) is 36.1 Å². The highest BCUT2D eigenvalue weighted by atomic mass is 35.5. The largest absolute Gasteiger partial charge is 0.508 e. The lowest BCUT2D eigenvalue weighted by atomic mass is 10.1. The number of halogens is 1. The normalized spacial score (nSPS) is 10.8. The Labute approximate surface area is 112 Å². The lowest BCUT2D eigenvalue weighted by molar-refractivity contribution is 0.476. The quantitative estimate of drug-likeness (QED) is 0.841. The van der Waals surface area contributed by atoms with Gasteiger partial charge >= 0.3 is 0 Å². The zero-order chi connectivity index (χ0) is 13.0. The van der Waals surface area contributed by atoms with Crippen molar-refractivity contribution in [1.29, 1.82) is 0 Å². The van der Waals surface area contributed by atoms with E-state index in [9.17, 15) is 5.11 Å². The Morgan fingerprint density at radius 2 is 2.11 bits per heavy atom. The van der Waals surface area contributed by atoms with Crippen LogP contribution in [-0.2, 0) is 0 Å². The molecule has 2 rings (SSSR count). The molecule has 2 aromatic rings. The molecule has 0 atom stereocenters. The van der Waals surface area contributed by atoms with Crippen LogP contribution in [0.1, 0.15) is 13.3 Å². The Kier molecular flexibility index (Phi) is 4.26. The standard InChI is InChI=1S/C14H17ClN2O/c1-2-8-17(9-6-15)14-13-10-12(18)4-3-11(13)5-7-16-14/h3-5,7,10,18H,2,6,8-9H2,1H3. The van der Waals surface area contributed by atoms with Gasteiger partial charge in [0.1, 0.15) is 11.6 Å². The summed E-state index contributed by atoms with van der Waals surface area (Å²) < 4.78 is 0. The van der Waals surface area contributed by atoms with Gasteiger partial charge in [-0.25, -0.2) is 4.98 Å². The summed E-state index contributed by atoms with van der Waals surface area (Å²) in [6, 6.07) is 7.30. The van der Waals surface area contributed by atoms with Crippen molar-refractivity contribution in [2.45, 2.75) is 13.3 Å². The van der Waals surface area contributed by atoms with E-state index >= 15 is 0 Å². The maximum absolute atomic E-state index is 9.62. The molecule has 0 aliphatic rings. The van der Waals surface area contributed by atoms with Crippen LogP contribution in [0.25, 0.3) is 10.8 Å². The Morgan fingerprint density at radius 1 is 1.28 bits per heavy atom. The molecule has 18 heavy (non-hydrogen) atoms. The van der Waals surface area contributed by atoms with Gasteiger partial charge in [0, 0.05) is 30.6 Å². The molecule has 0 saturated heterocycles. The van der Waals surface area contributed by atoms with Gasteiger partial charge in [-0.05, 0) is 30.0 Å². The molecule has 96 valence electrons. The first-order chi connectivity index (χ1) is 8.76. The summed E-state index contributed by atoms with van der Waals surface area (Å²) >= 11 is 5.85. The number of hydrogen-bond acceptors (Lipinski definition) is 3. The molecule has 1 heterocycles. The van der Waals surface area contributed by atoms with Crippen molar-refractivity contribution >= 4 is 28.2 Å². The van der Waals surface area contributed by atoms with Gasteiger partial charge in [-0.2, -0.15) is 0 Å². The topological polar surface area (TPSA) is 36.4 Å². The van der Waals surface area contributed by atoms with Crippen molar-refractivity contribution in [2.75, 3.05) is 23.9 Å². The fourth-order valence-corrected chi connectivity index (χ4v) is 2.29. The lowest BCUT2D eigenvalue weighted by Crippen LogP contribution is -2.27. The number of fused-ring (bicyclic) bond motifs is 1. The number of aromatic hydroxyl groups is 1. The zero-order valence-electron chi connectivity index (χ0n) is 10.4. The minimum Gasteiger partial charge on any atom is -0.508 e. The van der Waals surface area contributed by atoms with Gasteiger partial charge in [-0.3, -0.25) is 0 Å². The molecule has 0 aliphatic carbocycles. The summed E-state index contributed by atoms with van der Waals surface area (Å²) in [7, 11) is 0. The minimum atomic E-state index is 0.263.